The van der Waals surface area contributed by atoms with Crippen LogP contribution in [0.25, 0.3) is 0 Å². The highest BCUT2D eigenvalue weighted by atomic mass is 16.9. The van der Waals surface area contributed by atoms with Crippen molar-refractivity contribution in [1.29, 1.82) is 0 Å². The zero-order valence-corrected chi connectivity index (χ0v) is 8.96. The molecule has 0 saturated carbocycles. The molecule has 0 aliphatic heterocycles. The fourth-order valence-electron chi connectivity index (χ4n) is 1.000. The van der Waals surface area contributed by atoms with Crippen molar-refractivity contribution in [3.63, 3.8) is 0 Å². The minimum Gasteiger partial charge on any atom is -0.381 e. The standard InChI is InChI=1S/C9H20O4/c1-5-7-13-8-6-9(10-2,11-3)12-4/h5-8H2,1-4H3. The van der Waals surface area contributed by atoms with Crippen LogP contribution in [0.3, 0.4) is 0 Å². The molecule has 0 heterocycles. The Morgan fingerprint density at radius 1 is 0.923 bits per heavy atom. The predicted molar refractivity (Wildman–Crippen MR) is 49.5 cm³/mol. The molecule has 0 atom stereocenters. The van der Waals surface area contributed by atoms with E-state index in [9.17, 15) is 0 Å². The first-order valence-electron chi connectivity index (χ1n) is 4.48. The van der Waals surface area contributed by atoms with Crippen molar-refractivity contribution >= 4 is 0 Å². The summed E-state index contributed by atoms with van der Waals surface area (Å²) in [4.78, 5) is 0. The summed E-state index contributed by atoms with van der Waals surface area (Å²) in [5.74, 6) is -0.951. The first-order chi connectivity index (χ1) is 6.24. The van der Waals surface area contributed by atoms with Crippen molar-refractivity contribution in [2.24, 2.45) is 0 Å². The van der Waals surface area contributed by atoms with Gasteiger partial charge in [0.1, 0.15) is 0 Å². The Hall–Kier alpha value is -0.160. The van der Waals surface area contributed by atoms with E-state index >= 15 is 0 Å². The van der Waals surface area contributed by atoms with Gasteiger partial charge in [-0.15, -0.1) is 0 Å². The van der Waals surface area contributed by atoms with Crippen LogP contribution < -0.4 is 0 Å². The summed E-state index contributed by atoms with van der Waals surface area (Å²) in [6, 6.07) is 0. The maximum Gasteiger partial charge on any atom is 0.284 e. The maximum atomic E-state index is 5.30. The van der Waals surface area contributed by atoms with Gasteiger partial charge in [0.2, 0.25) is 0 Å². The molecular weight excluding hydrogens is 172 g/mol. The Morgan fingerprint density at radius 3 is 1.85 bits per heavy atom. The van der Waals surface area contributed by atoms with E-state index in [1.54, 1.807) is 21.3 Å². The fraction of sp³-hybridized carbons (Fsp3) is 1.00. The Morgan fingerprint density at radius 2 is 1.46 bits per heavy atom. The van der Waals surface area contributed by atoms with E-state index < -0.39 is 5.97 Å². The molecule has 0 rings (SSSR count). The second kappa shape index (κ2) is 7.26. The lowest BCUT2D eigenvalue weighted by Crippen LogP contribution is -2.37. The summed E-state index contributed by atoms with van der Waals surface area (Å²) < 4.78 is 20.6. The molecule has 0 aliphatic rings. The van der Waals surface area contributed by atoms with Crippen molar-refractivity contribution in [2.45, 2.75) is 25.7 Å². The largest absolute Gasteiger partial charge is 0.381 e. The summed E-state index contributed by atoms with van der Waals surface area (Å²) in [5, 5.41) is 0. The first kappa shape index (κ1) is 12.8. The zero-order valence-electron chi connectivity index (χ0n) is 8.96. The van der Waals surface area contributed by atoms with E-state index in [2.05, 4.69) is 6.92 Å². The topological polar surface area (TPSA) is 36.9 Å². The molecular formula is C9H20O4. The molecule has 0 spiro atoms. The average Bonchev–Trinajstić information content (AvgIpc) is 2.20. The number of hydrogen-bond donors (Lipinski definition) is 0. The number of ether oxygens (including phenoxy) is 4. The van der Waals surface area contributed by atoms with E-state index in [-0.39, 0.29) is 0 Å². The van der Waals surface area contributed by atoms with Gasteiger partial charge in [-0.1, -0.05) is 6.92 Å². The highest BCUT2D eigenvalue weighted by Crippen LogP contribution is 2.16. The van der Waals surface area contributed by atoms with Crippen LogP contribution >= 0.6 is 0 Å². The number of rotatable bonds is 8. The van der Waals surface area contributed by atoms with Crippen LogP contribution in [-0.4, -0.2) is 40.5 Å². The van der Waals surface area contributed by atoms with Crippen LogP contribution in [0, 0.1) is 0 Å². The van der Waals surface area contributed by atoms with Crippen molar-refractivity contribution in [1.82, 2.24) is 0 Å². The predicted octanol–water partition coefficient (Wildman–Crippen LogP) is 1.40. The summed E-state index contributed by atoms with van der Waals surface area (Å²) in [6.07, 6.45) is 1.58. The molecule has 0 aromatic rings. The highest BCUT2D eigenvalue weighted by molar-refractivity contribution is 4.54. The molecule has 80 valence electrons. The third-order valence-electron chi connectivity index (χ3n) is 1.83. The van der Waals surface area contributed by atoms with Crippen LogP contribution in [-0.2, 0) is 18.9 Å². The second-order valence-electron chi connectivity index (χ2n) is 2.66. The Balaban J connectivity index is 3.68. The molecule has 0 saturated heterocycles. The molecule has 0 bridgehead atoms. The summed E-state index contributed by atoms with van der Waals surface area (Å²) in [7, 11) is 4.65. The molecule has 0 unspecified atom stereocenters. The van der Waals surface area contributed by atoms with Gasteiger partial charge in [-0.25, -0.2) is 0 Å². The van der Waals surface area contributed by atoms with Crippen molar-refractivity contribution in [3.05, 3.63) is 0 Å². The van der Waals surface area contributed by atoms with Crippen molar-refractivity contribution in [2.75, 3.05) is 34.5 Å². The lowest BCUT2D eigenvalue weighted by molar-refractivity contribution is -0.357. The number of hydrogen-bond acceptors (Lipinski definition) is 4. The van der Waals surface area contributed by atoms with Gasteiger partial charge in [0.15, 0.2) is 0 Å². The smallest absolute Gasteiger partial charge is 0.284 e. The summed E-state index contributed by atoms with van der Waals surface area (Å²) in [5.41, 5.74) is 0. The van der Waals surface area contributed by atoms with Crippen molar-refractivity contribution < 1.29 is 18.9 Å². The van der Waals surface area contributed by atoms with Crippen LogP contribution in [0.15, 0.2) is 0 Å². The molecule has 0 aromatic heterocycles. The maximum absolute atomic E-state index is 5.30. The molecule has 13 heavy (non-hydrogen) atoms. The molecule has 0 fully saturated rings. The van der Waals surface area contributed by atoms with Gasteiger partial charge < -0.3 is 18.9 Å². The molecule has 0 aliphatic carbocycles. The van der Waals surface area contributed by atoms with Gasteiger partial charge in [0.05, 0.1) is 13.0 Å². The SMILES string of the molecule is CCCOCCC(OC)(OC)OC. The molecule has 0 aromatic carbocycles. The van der Waals surface area contributed by atoms with Crippen LogP contribution in [0.5, 0.6) is 0 Å². The quantitative estimate of drug-likeness (QED) is 0.430. The Bertz CT molecular complexity index is 104. The molecule has 4 heteroatoms. The number of methoxy groups -OCH3 is 3. The molecule has 0 amide bonds. The van der Waals surface area contributed by atoms with Crippen LogP contribution in [0.1, 0.15) is 19.8 Å². The first-order valence-corrected chi connectivity index (χ1v) is 4.48. The average molecular weight is 192 g/mol. The Kier molecular flexibility index (Phi) is 7.17. The van der Waals surface area contributed by atoms with E-state index in [4.69, 9.17) is 18.9 Å². The van der Waals surface area contributed by atoms with Crippen molar-refractivity contribution in [3.8, 4) is 0 Å². The highest BCUT2D eigenvalue weighted by Gasteiger charge is 2.28. The molecule has 0 radical (unpaired) electrons. The van der Waals surface area contributed by atoms with Crippen LogP contribution in [0.4, 0.5) is 0 Å². The van der Waals surface area contributed by atoms with Gasteiger partial charge in [-0.2, -0.15) is 0 Å². The van der Waals surface area contributed by atoms with Gasteiger partial charge in [0.25, 0.3) is 5.97 Å². The zero-order chi connectivity index (χ0) is 10.2. The third kappa shape index (κ3) is 4.57. The van der Waals surface area contributed by atoms with E-state index in [0.29, 0.717) is 13.0 Å². The van der Waals surface area contributed by atoms with Gasteiger partial charge in [-0.05, 0) is 6.42 Å². The fourth-order valence-corrected chi connectivity index (χ4v) is 1.000. The third-order valence-corrected chi connectivity index (χ3v) is 1.83. The van der Waals surface area contributed by atoms with E-state index in [1.165, 1.54) is 0 Å². The van der Waals surface area contributed by atoms with E-state index in [1.807, 2.05) is 0 Å². The lowest BCUT2D eigenvalue weighted by atomic mass is 10.4. The summed E-state index contributed by atoms with van der Waals surface area (Å²) in [6.45, 7) is 3.40. The van der Waals surface area contributed by atoms with Gasteiger partial charge in [-0.3, -0.25) is 0 Å². The summed E-state index contributed by atoms with van der Waals surface area (Å²) >= 11 is 0. The lowest BCUT2D eigenvalue weighted by Gasteiger charge is -2.28. The van der Waals surface area contributed by atoms with E-state index in [0.717, 1.165) is 13.0 Å². The molecule has 0 N–H and O–H groups in total. The van der Waals surface area contributed by atoms with Gasteiger partial charge in [0, 0.05) is 27.9 Å². The molecule has 4 nitrogen and oxygen atoms in total. The normalized spacial score (nSPS) is 12.0. The minimum absolute atomic E-state index is 0.566. The van der Waals surface area contributed by atoms with Gasteiger partial charge >= 0.3 is 0 Å². The van der Waals surface area contributed by atoms with Crippen LogP contribution in [0.2, 0.25) is 0 Å². The Labute approximate surface area is 80.1 Å². The monoisotopic (exact) mass is 192 g/mol. The second-order valence-corrected chi connectivity index (χ2v) is 2.66. The minimum atomic E-state index is -0.951.